The Kier molecular flexibility index (Phi) is 8.44. The molecule has 1 radical (unpaired) electrons. The summed E-state index contributed by atoms with van der Waals surface area (Å²) in [5, 5.41) is 0.000000000000000222. The first-order valence-corrected chi connectivity index (χ1v) is 1.19. The molecule has 0 aromatic carbocycles. The number of hydrogen-bond acceptors (Lipinski definition) is 1. The number of rotatable bonds is 0. The summed E-state index contributed by atoms with van der Waals surface area (Å²) in [4.78, 5) is 0. The fraction of sp³-hybridized carbons (Fsp3) is 0. The summed E-state index contributed by atoms with van der Waals surface area (Å²) in [6.07, 6.45) is 0. The number of hydrogen-bond donors (Lipinski definition) is 2. The molecular weight excluding hydrogens is 276 g/mol. The van der Waals surface area contributed by atoms with Crippen LogP contribution in [0.2, 0.25) is 0 Å². The van der Waals surface area contributed by atoms with Crippen molar-refractivity contribution >= 4 is 44.6 Å². The van der Waals surface area contributed by atoms with Crippen LogP contribution >= 0.6 is 12.2 Å². The first-order valence-electron chi connectivity index (χ1n) is 0.781. The van der Waals surface area contributed by atoms with E-state index in [2.05, 4.69) is 23.7 Å². The topological polar surface area (TPSA) is 52.0 Å². The molecule has 2 nitrogen and oxygen atoms in total. The Morgan fingerprint density at radius 3 is 1.40 bits per heavy atom. The van der Waals surface area contributed by atoms with E-state index in [0.717, 1.165) is 0 Å². The van der Waals surface area contributed by atoms with Gasteiger partial charge in [0.2, 0.25) is 0 Å². The third-order valence-corrected chi connectivity index (χ3v) is 0. The zero-order chi connectivity index (χ0) is 3.58. The van der Waals surface area contributed by atoms with E-state index in [4.69, 9.17) is 0 Å². The predicted octanol–water partition coefficient (Wildman–Crippen LogP) is -1.19. The summed E-state index contributed by atoms with van der Waals surface area (Å²) in [5.74, 6) is 0. The van der Waals surface area contributed by atoms with Crippen LogP contribution in [0.5, 0.6) is 0 Å². The Bertz CT molecular complexity index is 32.6. The molecule has 0 fully saturated rings. The van der Waals surface area contributed by atoms with Crippen molar-refractivity contribution in [2.75, 3.05) is 0 Å². The second kappa shape index (κ2) is 4.61. The first-order chi connectivity index (χ1) is 1.73. The van der Waals surface area contributed by atoms with Gasteiger partial charge >= 0.3 is 0 Å². The molecule has 0 rings (SSSR count). The van der Waals surface area contributed by atoms with E-state index >= 15 is 0 Å². The Balaban J connectivity index is 0. The predicted molar refractivity (Wildman–Crippen MR) is 26.7 cm³/mol. The van der Waals surface area contributed by atoms with Gasteiger partial charge in [-0.25, -0.2) is 0 Å². The van der Waals surface area contributed by atoms with Crippen LogP contribution in [0.15, 0.2) is 0 Å². The minimum atomic E-state index is 0. The number of nitrogens with two attached hydrogens (primary N) is 2. The third kappa shape index (κ3) is 84.0. The van der Waals surface area contributed by atoms with Crippen LogP contribution in [0.1, 0.15) is 0 Å². The SMILES string of the molecule is NC(N)=S.[Tl]. The van der Waals surface area contributed by atoms with Crippen LogP contribution in [0.4, 0.5) is 0 Å². The minimum Gasteiger partial charge on any atom is -0.377 e. The van der Waals surface area contributed by atoms with Gasteiger partial charge in [0, 0.05) is 27.3 Å². The maximum atomic E-state index is 4.62. The molecule has 0 aliphatic rings. The normalized spacial score (nSPS) is 4.80. The van der Waals surface area contributed by atoms with Gasteiger partial charge in [0.05, 0.1) is 0 Å². The van der Waals surface area contributed by atoms with Crippen molar-refractivity contribution in [1.82, 2.24) is 0 Å². The molecule has 0 unspecified atom stereocenters. The molecule has 0 saturated carbocycles. The van der Waals surface area contributed by atoms with Gasteiger partial charge in [-0.05, 0) is 12.2 Å². The van der Waals surface area contributed by atoms with Gasteiger partial charge in [0.15, 0.2) is 5.11 Å². The smallest absolute Gasteiger partial charge is 0.160 e. The number of thiocarbonyl (C=S) groups is 1. The molecule has 0 amide bonds. The summed E-state index contributed by atoms with van der Waals surface area (Å²) >= 11 is 4.09. The van der Waals surface area contributed by atoms with Gasteiger partial charge in [0.25, 0.3) is 0 Å². The maximum absolute atomic E-state index is 4.62. The van der Waals surface area contributed by atoms with Gasteiger partial charge in [-0.1, -0.05) is 0 Å². The van der Waals surface area contributed by atoms with E-state index in [1.807, 2.05) is 0 Å². The van der Waals surface area contributed by atoms with E-state index in [1.165, 1.54) is 0 Å². The van der Waals surface area contributed by atoms with Crippen LogP contribution < -0.4 is 11.5 Å². The summed E-state index contributed by atoms with van der Waals surface area (Å²) in [7, 11) is 0. The molecule has 0 atom stereocenters. The minimum absolute atomic E-state index is 0. The average molecular weight is 281 g/mol. The zero-order valence-corrected chi connectivity index (χ0v) is 7.95. The van der Waals surface area contributed by atoms with E-state index in [9.17, 15) is 0 Å². The first kappa shape index (κ1) is 9.15. The van der Waals surface area contributed by atoms with Crippen molar-refractivity contribution in [3.05, 3.63) is 0 Å². The summed E-state index contributed by atoms with van der Waals surface area (Å²) in [6.45, 7) is 0. The van der Waals surface area contributed by atoms with Crippen molar-refractivity contribution in [2.24, 2.45) is 11.5 Å². The van der Waals surface area contributed by atoms with Crippen molar-refractivity contribution in [2.45, 2.75) is 0 Å². The summed E-state index contributed by atoms with van der Waals surface area (Å²) in [6, 6.07) is 0. The van der Waals surface area contributed by atoms with Crippen molar-refractivity contribution in [1.29, 1.82) is 0 Å². The molecule has 0 aromatic rings. The molecule has 0 heterocycles. The Morgan fingerprint density at radius 2 is 1.40 bits per heavy atom. The second-order valence-electron chi connectivity index (χ2n) is 0.402. The van der Waals surface area contributed by atoms with Gasteiger partial charge in [-0.2, -0.15) is 0 Å². The molecule has 0 spiro atoms. The van der Waals surface area contributed by atoms with E-state index in [1.54, 1.807) is 0 Å². The van der Waals surface area contributed by atoms with Crippen LogP contribution in [0, 0.1) is 0 Å². The molecule has 0 aliphatic heterocycles. The van der Waals surface area contributed by atoms with E-state index < -0.39 is 0 Å². The molecule has 27 valence electrons. The summed E-state index contributed by atoms with van der Waals surface area (Å²) < 4.78 is 0. The monoisotopic (exact) mass is 281 g/mol. The van der Waals surface area contributed by atoms with E-state index in [-0.39, 0.29) is 32.4 Å². The Hall–Kier alpha value is 0.612. The zero-order valence-electron chi connectivity index (χ0n) is 2.64. The van der Waals surface area contributed by atoms with Crippen molar-refractivity contribution in [3.63, 3.8) is 0 Å². The van der Waals surface area contributed by atoms with Crippen LogP contribution in [0.25, 0.3) is 0 Å². The Morgan fingerprint density at radius 1 is 1.40 bits per heavy atom. The van der Waals surface area contributed by atoms with Crippen LogP contribution in [-0.2, 0) is 0 Å². The molecule has 0 aliphatic carbocycles. The largest absolute Gasteiger partial charge is 0.377 e. The molecule has 0 aromatic heterocycles. The fourth-order valence-electron chi connectivity index (χ4n) is 0. The van der Waals surface area contributed by atoms with E-state index in [0.29, 0.717) is 0 Å². The van der Waals surface area contributed by atoms with Crippen LogP contribution in [-0.4, -0.2) is 32.4 Å². The standard InChI is InChI=1S/CH4N2S.Tl/c2-1(3)4;/h(H4,2,3,4);. The van der Waals surface area contributed by atoms with Gasteiger partial charge in [-0.15, -0.1) is 0 Å². The Labute approximate surface area is 56.1 Å². The molecule has 4 heteroatoms. The molecule has 5 heavy (non-hydrogen) atoms. The molecular formula is CH4N2STl. The second-order valence-corrected chi connectivity index (χ2v) is 0.874. The quantitative estimate of drug-likeness (QED) is 0.433. The van der Waals surface area contributed by atoms with Crippen molar-refractivity contribution in [3.8, 4) is 0 Å². The molecule has 0 bridgehead atoms. The van der Waals surface area contributed by atoms with Crippen molar-refractivity contribution < 1.29 is 0 Å². The average Bonchev–Trinajstić information content (AvgIpc) is 0.811. The summed E-state index contributed by atoms with van der Waals surface area (Å²) in [5.41, 5.74) is 9.24. The van der Waals surface area contributed by atoms with Crippen LogP contribution in [0.3, 0.4) is 0 Å². The fourth-order valence-corrected chi connectivity index (χ4v) is 0. The maximum Gasteiger partial charge on any atom is 0.160 e. The molecule has 0 saturated heterocycles. The third-order valence-electron chi connectivity index (χ3n) is 0. The van der Waals surface area contributed by atoms with Gasteiger partial charge < -0.3 is 11.5 Å². The van der Waals surface area contributed by atoms with Gasteiger partial charge in [-0.3, -0.25) is 0 Å². The van der Waals surface area contributed by atoms with Gasteiger partial charge in [0.1, 0.15) is 0 Å². The molecule has 4 N–H and O–H groups in total.